The van der Waals surface area contributed by atoms with Gasteiger partial charge in [0.25, 0.3) is 0 Å². The van der Waals surface area contributed by atoms with E-state index in [0.717, 1.165) is 30.8 Å². The maximum atomic E-state index is 9.86. The fourth-order valence-corrected chi connectivity index (χ4v) is 1.78. The summed E-state index contributed by atoms with van der Waals surface area (Å²) < 4.78 is 0. The normalized spacial score (nSPS) is 12.5. The van der Waals surface area contributed by atoms with Crippen LogP contribution in [0.4, 0.5) is 11.8 Å². The molecule has 1 heterocycles. The van der Waals surface area contributed by atoms with E-state index in [-0.39, 0.29) is 6.10 Å². The minimum absolute atomic E-state index is 0.346. The van der Waals surface area contributed by atoms with Gasteiger partial charge in [-0.3, -0.25) is 0 Å². The summed E-state index contributed by atoms with van der Waals surface area (Å²) >= 11 is 0. The number of aliphatic hydroxyl groups is 1. The molecule has 0 aliphatic heterocycles. The average molecular weight is 266 g/mol. The Morgan fingerprint density at radius 3 is 2.68 bits per heavy atom. The van der Waals surface area contributed by atoms with E-state index in [1.54, 1.807) is 6.20 Å². The smallest absolute Gasteiger partial charge is 0.224 e. The molecule has 0 fully saturated rings. The molecule has 0 radical (unpaired) electrons. The maximum absolute atomic E-state index is 9.86. The van der Waals surface area contributed by atoms with Gasteiger partial charge in [-0.2, -0.15) is 4.98 Å². The predicted molar refractivity (Wildman–Crippen MR) is 79.5 cm³/mol. The molecule has 0 amide bonds. The van der Waals surface area contributed by atoms with Crippen LogP contribution in [0.3, 0.4) is 0 Å². The summed E-state index contributed by atoms with van der Waals surface area (Å²) in [7, 11) is 0. The van der Waals surface area contributed by atoms with Crippen molar-refractivity contribution < 1.29 is 5.11 Å². The van der Waals surface area contributed by atoms with Crippen LogP contribution in [0, 0.1) is 12.8 Å². The molecule has 0 aromatic carbocycles. The Morgan fingerprint density at radius 1 is 1.32 bits per heavy atom. The summed E-state index contributed by atoms with van der Waals surface area (Å²) in [5, 5.41) is 16.2. The van der Waals surface area contributed by atoms with Crippen LogP contribution < -0.4 is 10.6 Å². The molecule has 1 unspecified atom stereocenters. The van der Waals surface area contributed by atoms with Gasteiger partial charge in [0.05, 0.1) is 6.10 Å². The van der Waals surface area contributed by atoms with Crippen molar-refractivity contribution in [2.45, 2.75) is 46.6 Å². The summed E-state index contributed by atoms with van der Waals surface area (Å²) in [5.74, 6) is 1.91. The molecular formula is C14H26N4O. The van der Waals surface area contributed by atoms with Gasteiger partial charge in [-0.25, -0.2) is 4.98 Å². The van der Waals surface area contributed by atoms with Crippen molar-refractivity contribution >= 4 is 11.8 Å². The molecule has 3 N–H and O–H groups in total. The summed E-state index contributed by atoms with van der Waals surface area (Å²) in [4.78, 5) is 8.64. The van der Waals surface area contributed by atoms with E-state index in [2.05, 4.69) is 41.4 Å². The third-order valence-corrected chi connectivity index (χ3v) is 2.75. The molecule has 1 aromatic rings. The third kappa shape index (κ3) is 5.87. The molecular weight excluding hydrogens is 240 g/mol. The molecule has 0 aliphatic rings. The predicted octanol–water partition coefficient (Wildman–Crippen LogP) is 2.43. The molecule has 5 heteroatoms. The van der Waals surface area contributed by atoms with Crippen LogP contribution in [0.15, 0.2) is 6.20 Å². The van der Waals surface area contributed by atoms with E-state index in [1.807, 2.05) is 6.92 Å². The van der Waals surface area contributed by atoms with Crippen LogP contribution in [0.25, 0.3) is 0 Å². The first-order chi connectivity index (χ1) is 9.02. The summed E-state index contributed by atoms with van der Waals surface area (Å²) in [6, 6.07) is 0. The molecule has 5 nitrogen and oxygen atoms in total. The van der Waals surface area contributed by atoms with Crippen LogP contribution in [-0.2, 0) is 0 Å². The van der Waals surface area contributed by atoms with E-state index in [1.165, 1.54) is 0 Å². The van der Waals surface area contributed by atoms with Crippen molar-refractivity contribution in [2.75, 3.05) is 23.7 Å². The van der Waals surface area contributed by atoms with Gasteiger partial charge in [0, 0.05) is 24.8 Å². The Bertz CT molecular complexity index is 382. The van der Waals surface area contributed by atoms with Crippen LogP contribution in [0.2, 0.25) is 0 Å². The van der Waals surface area contributed by atoms with Gasteiger partial charge in [0.15, 0.2) is 0 Å². The van der Waals surface area contributed by atoms with Gasteiger partial charge in [0.2, 0.25) is 5.95 Å². The van der Waals surface area contributed by atoms with Crippen LogP contribution >= 0.6 is 0 Å². The minimum Gasteiger partial charge on any atom is -0.391 e. The Kier molecular flexibility index (Phi) is 6.56. The largest absolute Gasteiger partial charge is 0.391 e. The van der Waals surface area contributed by atoms with Gasteiger partial charge >= 0.3 is 0 Å². The molecule has 1 aromatic heterocycles. The topological polar surface area (TPSA) is 70.1 Å². The second kappa shape index (κ2) is 7.94. The molecule has 1 rings (SSSR count). The zero-order chi connectivity index (χ0) is 14.3. The summed E-state index contributed by atoms with van der Waals surface area (Å²) in [5.41, 5.74) is 0.985. The molecule has 19 heavy (non-hydrogen) atoms. The highest BCUT2D eigenvalue weighted by atomic mass is 16.3. The number of hydrogen-bond acceptors (Lipinski definition) is 5. The van der Waals surface area contributed by atoms with E-state index < -0.39 is 0 Å². The second-order valence-electron chi connectivity index (χ2n) is 5.32. The number of nitrogens with zero attached hydrogens (tertiary/aromatic N) is 2. The molecule has 0 spiro atoms. The lowest BCUT2D eigenvalue weighted by molar-refractivity contribution is 0.161. The fraction of sp³-hybridized carbons (Fsp3) is 0.714. The zero-order valence-corrected chi connectivity index (χ0v) is 12.4. The quantitative estimate of drug-likeness (QED) is 0.674. The number of nitrogens with one attached hydrogen (secondary N) is 2. The average Bonchev–Trinajstić information content (AvgIpc) is 2.35. The van der Waals surface area contributed by atoms with E-state index in [9.17, 15) is 5.11 Å². The van der Waals surface area contributed by atoms with E-state index in [0.29, 0.717) is 18.4 Å². The van der Waals surface area contributed by atoms with Crippen molar-refractivity contribution in [1.82, 2.24) is 9.97 Å². The first kappa shape index (κ1) is 15.7. The van der Waals surface area contributed by atoms with Crippen LogP contribution in [-0.4, -0.2) is 34.3 Å². The summed E-state index contributed by atoms with van der Waals surface area (Å²) in [6.07, 6.45) is 3.27. The molecule has 0 saturated heterocycles. The molecule has 1 atom stereocenters. The number of anilines is 2. The standard InChI is InChI=1S/C14H26N4O/c1-5-6-15-14-17-8-11(4)13(18-14)16-9-12(19)7-10(2)3/h8,10,12,19H,5-7,9H2,1-4H3,(H2,15,16,17,18). The van der Waals surface area contributed by atoms with Crippen molar-refractivity contribution in [3.05, 3.63) is 11.8 Å². The Morgan fingerprint density at radius 2 is 2.05 bits per heavy atom. The van der Waals surface area contributed by atoms with Crippen molar-refractivity contribution in [3.63, 3.8) is 0 Å². The van der Waals surface area contributed by atoms with Crippen molar-refractivity contribution in [3.8, 4) is 0 Å². The van der Waals surface area contributed by atoms with Gasteiger partial charge < -0.3 is 15.7 Å². The van der Waals surface area contributed by atoms with Crippen molar-refractivity contribution in [2.24, 2.45) is 5.92 Å². The lowest BCUT2D eigenvalue weighted by Gasteiger charge is -2.15. The summed E-state index contributed by atoms with van der Waals surface area (Å²) in [6.45, 7) is 9.64. The number of hydrogen-bond donors (Lipinski definition) is 3. The van der Waals surface area contributed by atoms with Crippen LogP contribution in [0.5, 0.6) is 0 Å². The van der Waals surface area contributed by atoms with Gasteiger partial charge in [-0.15, -0.1) is 0 Å². The Labute approximate surface area is 115 Å². The van der Waals surface area contributed by atoms with E-state index >= 15 is 0 Å². The number of rotatable bonds is 8. The fourth-order valence-electron chi connectivity index (χ4n) is 1.78. The van der Waals surface area contributed by atoms with Crippen LogP contribution in [0.1, 0.15) is 39.2 Å². The highest BCUT2D eigenvalue weighted by molar-refractivity contribution is 5.46. The van der Waals surface area contributed by atoms with Crippen molar-refractivity contribution in [1.29, 1.82) is 0 Å². The van der Waals surface area contributed by atoms with Gasteiger partial charge in [0.1, 0.15) is 5.82 Å². The lowest BCUT2D eigenvalue weighted by atomic mass is 10.1. The second-order valence-corrected chi connectivity index (χ2v) is 5.32. The molecule has 0 bridgehead atoms. The number of aromatic nitrogens is 2. The Hall–Kier alpha value is -1.36. The zero-order valence-electron chi connectivity index (χ0n) is 12.4. The maximum Gasteiger partial charge on any atom is 0.224 e. The third-order valence-electron chi connectivity index (χ3n) is 2.75. The lowest BCUT2D eigenvalue weighted by Crippen LogP contribution is -2.22. The van der Waals surface area contributed by atoms with Gasteiger partial charge in [-0.05, 0) is 25.7 Å². The number of aliphatic hydroxyl groups excluding tert-OH is 1. The monoisotopic (exact) mass is 266 g/mol. The highest BCUT2D eigenvalue weighted by Gasteiger charge is 2.09. The van der Waals surface area contributed by atoms with Gasteiger partial charge in [-0.1, -0.05) is 20.8 Å². The highest BCUT2D eigenvalue weighted by Crippen LogP contribution is 2.13. The first-order valence-corrected chi connectivity index (χ1v) is 7.02. The Balaban J connectivity index is 2.56. The van der Waals surface area contributed by atoms with E-state index in [4.69, 9.17) is 0 Å². The number of aryl methyl sites for hydroxylation is 1. The first-order valence-electron chi connectivity index (χ1n) is 7.02. The molecule has 108 valence electrons. The SMILES string of the molecule is CCCNc1ncc(C)c(NCC(O)CC(C)C)n1. The molecule has 0 saturated carbocycles. The molecule has 0 aliphatic carbocycles. The minimum atomic E-state index is -0.346.